The number of methoxy groups -OCH3 is 1. The minimum Gasteiger partial charge on any atom is -0.375 e. The quantitative estimate of drug-likeness (QED) is 0.740. The first-order valence-electron chi connectivity index (χ1n) is 4.09. The third kappa shape index (κ3) is 2.06. The molecule has 1 rings (SSSR count). The Morgan fingerprint density at radius 1 is 1.25 bits per heavy atom. The Balaban J connectivity index is 2.80. The molecule has 0 spiro atoms. The molecule has 2 heteroatoms. The first-order chi connectivity index (χ1) is 5.75. The number of ether oxygens (including phenoxy) is 1. The minimum atomic E-state index is 0.00574. The van der Waals surface area contributed by atoms with E-state index in [-0.39, 0.29) is 12.1 Å². The van der Waals surface area contributed by atoms with E-state index in [0.717, 1.165) is 5.56 Å². The van der Waals surface area contributed by atoms with Crippen molar-refractivity contribution < 1.29 is 4.74 Å². The van der Waals surface area contributed by atoms with Crippen LogP contribution in [0.2, 0.25) is 0 Å². The van der Waals surface area contributed by atoms with E-state index in [1.807, 2.05) is 37.3 Å². The fraction of sp³-hybridized carbons (Fsp3) is 0.400. The van der Waals surface area contributed by atoms with Crippen LogP contribution in [0, 0.1) is 0 Å². The van der Waals surface area contributed by atoms with E-state index in [1.54, 1.807) is 7.11 Å². The first-order valence-corrected chi connectivity index (χ1v) is 4.09. The summed E-state index contributed by atoms with van der Waals surface area (Å²) < 4.78 is 5.27. The van der Waals surface area contributed by atoms with Crippen molar-refractivity contribution in [2.24, 2.45) is 5.73 Å². The summed E-state index contributed by atoms with van der Waals surface area (Å²) in [6.07, 6.45) is 0.00574. The summed E-state index contributed by atoms with van der Waals surface area (Å²) in [5, 5.41) is 0. The molecule has 0 unspecified atom stereocenters. The second-order valence-electron chi connectivity index (χ2n) is 2.93. The summed E-state index contributed by atoms with van der Waals surface area (Å²) in [5.74, 6) is 0. The van der Waals surface area contributed by atoms with Gasteiger partial charge < -0.3 is 10.5 Å². The highest BCUT2D eigenvalue weighted by Crippen LogP contribution is 2.18. The average molecular weight is 165 g/mol. The second kappa shape index (κ2) is 4.24. The molecule has 0 bridgehead atoms. The van der Waals surface area contributed by atoms with Gasteiger partial charge in [-0.15, -0.1) is 0 Å². The van der Waals surface area contributed by atoms with Crippen molar-refractivity contribution in [2.45, 2.75) is 19.1 Å². The molecule has 0 heterocycles. The van der Waals surface area contributed by atoms with E-state index < -0.39 is 0 Å². The number of hydrogen-bond donors (Lipinski definition) is 1. The van der Waals surface area contributed by atoms with Gasteiger partial charge >= 0.3 is 0 Å². The smallest absolute Gasteiger partial charge is 0.0969 e. The van der Waals surface area contributed by atoms with Crippen molar-refractivity contribution in [1.29, 1.82) is 0 Å². The van der Waals surface area contributed by atoms with Gasteiger partial charge in [0.2, 0.25) is 0 Å². The monoisotopic (exact) mass is 165 g/mol. The Hall–Kier alpha value is -0.860. The van der Waals surface area contributed by atoms with Crippen LogP contribution >= 0.6 is 0 Å². The van der Waals surface area contributed by atoms with Crippen molar-refractivity contribution in [1.82, 2.24) is 0 Å². The van der Waals surface area contributed by atoms with Crippen LogP contribution in [0.25, 0.3) is 0 Å². The first kappa shape index (κ1) is 9.23. The van der Waals surface area contributed by atoms with Crippen LogP contribution in [0.3, 0.4) is 0 Å². The van der Waals surface area contributed by atoms with E-state index in [2.05, 4.69) is 0 Å². The van der Waals surface area contributed by atoms with Gasteiger partial charge in [-0.25, -0.2) is 0 Å². The lowest BCUT2D eigenvalue weighted by Gasteiger charge is -2.19. The van der Waals surface area contributed by atoms with Crippen molar-refractivity contribution in [3.05, 3.63) is 35.9 Å². The third-order valence-electron chi connectivity index (χ3n) is 1.86. The summed E-state index contributed by atoms with van der Waals surface area (Å²) in [6, 6.07) is 10.0. The van der Waals surface area contributed by atoms with E-state index in [9.17, 15) is 0 Å². The molecule has 0 aliphatic rings. The Bertz CT molecular complexity index is 221. The number of hydrogen-bond acceptors (Lipinski definition) is 2. The van der Waals surface area contributed by atoms with Gasteiger partial charge in [-0.3, -0.25) is 0 Å². The highest BCUT2D eigenvalue weighted by Gasteiger charge is 2.13. The Kier molecular flexibility index (Phi) is 3.26. The molecule has 12 heavy (non-hydrogen) atoms. The van der Waals surface area contributed by atoms with Crippen LogP contribution in [0.15, 0.2) is 30.3 Å². The van der Waals surface area contributed by atoms with Gasteiger partial charge in [-0.05, 0) is 12.5 Å². The molecule has 0 aliphatic carbocycles. The van der Waals surface area contributed by atoms with Gasteiger partial charge in [-0.1, -0.05) is 30.3 Å². The lowest BCUT2D eigenvalue weighted by molar-refractivity contribution is 0.0854. The average Bonchev–Trinajstić information content (AvgIpc) is 2.07. The summed E-state index contributed by atoms with van der Waals surface area (Å²) in [7, 11) is 1.68. The molecule has 1 aromatic rings. The van der Waals surface area contributed by atoms with E-state index in [4.69, 9.17) is 10.5 Å². The minimum absolute atomic E-state index is 0.00574. The number of nitrogens with two attached hydrogens (primary N) is 1. The maximum atomic E-state index is 5.75. The molecule has 0 amide bonds. The van der Waals surface area contributed by atoms with Gasteiger partial charge in [0.25, 0.3) is 0 Å². The van der Waals surface area contributed by atoms with Gasteiger partial charge in [0.1, 0.15) is 0 Å². The highest BCUT2D eigenvalue weighted by molar-refractivity contribution is 5.18. The fourth-order valence-electron chi connectivity index (χ4n) is 1.30. The van der Waals surface area contributed by atoms with Crippen molar-refractivity contribution in [3.63, 3.8) is 0 Å². The normalized spacial score (nSPS) is 15.6. The lowest BCUT2D eigenvalue weighted by Crippen LogP contribution is -2.25. The largest absolute Gasteiger partial charge is 0.375 e. The van der Waals surface area contributed by atoms with Crippen molar-refractivity contribution in [2.75, 3.05) is 7.11 Å². The zero-order valence-electron chi connectivity index (χ0n) is 7.53. The molecule has 2 atom stereocenters. The van der Waals surface area contributed by atoms with E-state index in [0.29, 0.717) is 0 Å². The van der Waals surface area contributed by atoms with Crippen molar-refractivity contribution in [3.8, 4) is 0 Å². The molecule has 0 aliphatic heterocycles. The fourth-order valence-corrected chi connectivity index (χ4v) is 1.30. The summed E-state index contributed by atoms with van der Waals surface area (Å²) >= 11 is 0. The van der Waals surface area contributed by atoms with E-state index in [1.165, 1.54) is 0 Å². The van der Waals surface area contributed by atoms with Crippen LogP contribution in [-0.4, -0.2) is 13.2 Å². The van der Waals surface area contributed by atoms with Crippen LogP contribution in [0.5, 0.6) is 0 Å². The predicted molar refractivity (Wildman–Crippen MR) is 49.8 cm³/mol. The molecular formula is C10H15NO. The van der Waals surface area contributed by atoms with Gasteiger partial charge in [0, 0.05) is 13.2 Å². The second-order valence-corrected chi connectivity index (χ2v) is 2.93. The molecule has 2 N–H and O–H groups in total. The summed E-state index contributed by atoms with van der Waals surface area (Å²) in [4.78, 5) is 0. The number of benzene rings is 1. The van der Waals surface area contributed by atoms with Gasteiger partial charge in [0.15, 0.2) is 0 Å². The maximum absolute atomic E-state index is 5.75. The molecule has 0 saturated carbocycles. The molecule has 0 radical (unpaired) electrons. The van der Waals surface area contributed by atoms with Crippen molar-refractivity contribution >= 4 is 0 Å². The molecule has 66 valence electrons. The van der Waals surface area contributed by atoms with Gasteiger partial charge in [0.05, 0.1) is 6.10 Å². The van der Waals surface area contributed by atoms with Crippen LogP contribution in [0.1, 0.15) is 18.6 Å². The molecule has 1 aromatic carbocycles. The molecule has 0 saturated heterocycles. The molecule has 2 nitrogen and oxygen atoms in total. The Labute approximate surface area is 73.3 Å². The van der Waals surface area contributed by atoms with E-state index >= 15 is 0 Å². The zero-order valence-corrected chi connectivity index (χ0v) is 7.53. The van der Waals surface area contributed by atoms with Crippen LogP contribution < -0.4 is 5.73 Å². The zero-order chi connectivity index (χ0) is 8.97. The third-order valence-corrected chi connectivity index (χ3v) is 1.86. The molecule has 0 aromatic heterocycles. The van der Waals surface area contributed by atoms with Gasteiger partial charge in [-0.2, -0.15) is 0 Å². The van der Waals surface area contributed by atoms with Crippen LogP contribution in [-0.2, 0) is 4.74 Å². The lowest BCUT2D eigenvalue weighted by atomic mass is 10.0. The topological polar surface area (TPSA) is 35.2 Å². The SMILES string of the molecule is CO[C@@H](c1ccccc1)[C@H](C)N. The summed E-state index contributed by atoms with van der Waals surface area (Å²) in [5.41, 5.74) is 6.89. The predicted octanol–water partition coefficient (Wildman–Crippen LogP) is 1.72. The Morgan fingerprint density at radius 2 is 1.83 bits per heavy atom. The number of rotatable bonds is 3. The molecule has 0 fully saturated rings. The highest BCUT2D eigenvalue weighted by atomic mass is 16.5. The Morgan fingerprint density at radius 3 is 2.25 bits per heavy atom. The standard InChI is InChI=1S/C10H15NO/c1-8(11)10(12-2)9-6-4-3-5-7-9/h3-8,10H,11H2,1-2H3/t8-,10+/m0/s1. The molecular weight excluding hydrogens is 150 g/mol. The summed E-state index contributed by atoms with van der Waals surface area (Å²) in [6.45, 7) is 1.95. The maximum Gasteiger partial charge on any atom is 0.0969 e. The van der Waals surface area contributed by atoms with Crippen LogP contribution in [0.4, 0.5) is 0 Å².